The first-order valence-electron chi connectivity index (χ1n) is 12.4. The number of hydrogen-bond acceptors (Lipinski definition) is 4. The van der Waals surface area contributed by atoms with Gasteiger partial charge < -0.3 is 15.0 Å². The van der Waals surface area contributed by atoms with E-state index in [2.05, 4.69) is 35.9 Å². The van der Waals surface area contributed by atoms with Crippen LogP contribution < -0.4 is 5.32 Å². The molecule has 1 aliphatic carbocycles. The second kappa shape index (κ2) is 13.6. The molecule has 0 radical (unpaired) electrons. The third-order valence-corrected chi connectivity index (χ3v) is 6.75. The Hall–Kier alpha value is -0.650. The zero-order valence-electron chi connectivity index (χ0n) is 19.6. The monoisotopic (exact) mass is 409 g/mol. The van der Waals surface area contributed by atoms with E-state index >= 15 is 0 Å². The van der Waals surface area contributed by atoms with Crippen LogP contribution in [-0.4, -0.2) is 73.7 Å². The fourth-order valence-corrected chi connectivity index (χ4v) is 4.78. The van der Waals surface area contributed by atoms with Gasteiger partial charge in [-0.15, -0.1) is 0 Å². The third-order valence-electron chi connectivity index (χ3n) is 6.75. The average Bonchev–Trinajstić information content (AvgIpc) is 2.67. The quantitative estimate of drug-likeness (QED) is 0.472. The molecule has 1 unspecified atom stereocenters. The normalized spacial score (nSPS) is 24.4. The van der Waals surface area contributed by atoms with Crippen molar-refractivity contribution in [2.45, 2.75) is 91.2 Å². The van der Waals surface area contributed by atoms with Gasteiger partial charge >= 0.3 is 0 Å². The highest BCUT2D eigenvalue weighted by molar-refractivity contribution is 5.78. The largest absolute Gasteiger partial charge is 0.377 e. The number of carbonyl (C=O) groups is 1. The van der Waals surface area contributed by atoms with Crippen LogP contribution in [0.15, 0.2) is 0 Å². The SMILES string of the molecule is CCCC(CCC)CN1CCN(CCO[C@H]2C[C@H](NC(=O)C(C)CCC)C2)CC1. The van der Waals surface area contributed by atoms with E-state index in [-0.39, 0.29) is 11.8 Å². The highest BCUT2D eigenvalue weighted by Gasteiger charge is 2.32. The molecular weight excluding hydrogens is 362 g/mol. The summed E-state index contributed by atoms with van der Waals surface area (Å²) in [4.78, 5) is 17.3. The molecular formula is C24H47N3O2. The second-order valence-electron chi connectivity index (χ2n) is 9.45. The number of hydrogen-bond donors (Lipinski definition) is 1. The van der Waals surface area contributed by atoms with Crippen molar-refractivity contribution < 1.29 is 9.53 Å². The number of rotatable bonds is 14. The zero-order valence-corrected chi connectivity index (χ0v) is 19.6. The number of ether oxygens (including phenoxy) is 1. The summed E-state index contributed by atoms with van der Waals surface area (Å²) in [5, 5.41) is 3.17. The van der Waals surface area contributed by atoms with Crippen LogP contribution in [0.4, 0.5) is 0 Å². The maximum atomic E-state index is 12.1. The standard InChI is InChI=1S/C24H47N3O2/c1-5-8-20(4)24(28)25-22-17-23(18-22)29-16-15-26-11-13-27(14-12-26)19-21(9-6-2)10-7-3/h20-23H,5-19H2,1-4H3,(H,25,28)/t20?,22-,23-. The predicted octanol–water partition coefficient (Wildman–Crippen LogP) is 3.92. The van der Waals surface area contributed by atoms with Gasteiger partial charge in [0.05, 0.1) is 12.7 Å². The van der Waals surface area contributed by atoms with Gasteiger partial charge in [-0.2, -0.15) is 0 Å². The molecule has 0 aromatic heterocycles. The Labute approximate surface area is 179 Å². The zero-order chi connectivity index (χ0) is 21.1. The number of amides is 1. The lowest BCUT2D eigenvalue weighted by Crippen LogP contribution is -2.50. The van der Waals surface area contributed by atoms with Crippen molar-refractivity contribution in [2.75, 3.05) is 45.9 Å². The van der Waals surface area contributed by atoms with E-state index in [0.717, 1.165) is 44.8 Å². The van der Waals surface area contributed by atoms with E-state index in [1.165, 1.54) is 58.4 Å². The van der Waals surface area contributed by atoms with Gasteiger partial charge in [0, 0.05) is 51.2 Å². The number of nitrogens with one attached hydrogen (secondary N) is 1. The molecule has 2 fully saturated rings. The summed E-state index contributed by atoms with van der Waals surface area (Å²) in [6.45, 7) is 16.7. The minimum Gasteiger partial charge on any atom is -0.377 e. The Kier molecular flexibility index (Phi) is 11.6. The molecule has 0 bridgehead atoms. The lowest BCUT2D eigenvalue weighted by atomic mass is 9.88. The molecule has 170 valence electrons. The van der Waals surface area contributed by atoms with Crippen LogP contribution in [0.3, 0.4) is 0 Å². The lowest BCUT2D eigenvalue weighted by Gasteiger charge is -2.38. The van der Waals surface area contributed by atoms with Gasteiger partial charge in [0.25, 0.3) is 0 Å². The summed E-state index contributed by atoms with van der Waals surface area (Å²) in [6, 6.07) is 0.328. The van der Waals surface area contributed by atoms with Gasteiger partial charge in [-0.3, -0.25) is 9.69 Å². The van der Waals surface area contributed by atoms with Crippen molar-refractivity contribution in [1.29, 1.82) is 0 Å². The average molecular weight is 410 g/mol. The van der Waals surface area contributed by atoms with E-state index in [0.29, 0.717) is 12.1 Å². The van der Waals surface area contributed by atoms with Crippen LogP contribution in [-0.2, 0) is 9.53 Å². The summed E-state index contributed by atoms with van der Waals surface area (Å²) >= 11 is 0. The Balaban J connectivity index is 1.51. The fraction of sp³-hybridized carbons (Fsp3) is 0.958. The molecule has 1 atom stereocenters. The van der Waals surface area contributed by atoms with Crippen LogP contribution in [0.2, 0.25) is 0 Å². The van der Waals surface area contributed by atoms with Gasteiger partial charge in [0.15, 0.2) is 0 Å². The number of nitrogens with zero attached hydrogens (tertiary/aromatic N) is 2. The van der Waals surface area contributed by atoms with Gasteiger partial charge in [0.2, 0.25) is 5.91 Å². The molecule has 29 heavy (non-hydrogen) atoms. The summed E-state index contributed by atoms with van der Waals surface area (Å²) in [5.41, 5.74) is 0. The molecule has 1 amide bonds. The number of carbonyl (C=O) groups excluding carboxylic acids is 1. The maximum Gasteiger partial charge on any atom is 0.223 e. The highest BCUT2D eigenvalue weighted by atomic mass is 16.5. The maximum absolute atomic E-state index is 12.1. The van der Waals surface area contributed by atoms with Crippen molar-refractivity contribution in [2.24, 2.45) is 11.8 Å². The molecule has 1 aliphatic heterocycles. The van der Waals surface area contributed by atoms with Crippen molar-refractivity contribution in [3.8, 4) is 0 Å². The highest BCUT2D eigenvalue weighted by Crippen LogP contribution is 2.24. The van der Waals surface area contributed by atoms with E-state index < -0.39 is 0 Å². The van der Waals surface area contributed by atoms with Crippen LogP contribution in [0.1, 0.15) is 79.1 Å². The van der Waals surface area contributed by atoms with E-state index in [4.69, 9.17) is 4.74 Å². The molecule has 1 N–H and O–H groups in total. The molecule has 0 spiro atoms. The van der Waals surface area contributed by atoms with Crippen molar-refractivity contribution in [3.05, 3.63) is 0 Å². The molecule has 2 aliphatic rings. The molecule has 2 rings (SSSR count). The van der Waals surface area contributed by atoms with Crippen molar-refractivity contribution in [3.63, 3.8) is 0 Å². The Bertz CT molecular complexity index is 439. The minimum absolute atomic E-state index is 0.137. The van der Waals surface area contributed by atoms with E-state index in [9.17, 15) is 4.79 Å². The molecule has 0 aromatic carbocycles. The summed E-state index contributed by atoms with van der Waals surface area (Å²) in [5.74, 6) is 1.24. The van der Waals surface area contributed by atoms with Crippen molar-refractivity contribution >= 4 is 5.91 Å². The van der Waals surface area contributed by atoms with Crippen LogP contribution in [0.5, 0.6) is 0 Å². The summed E-state index contributed by atoms with van der Waals surface area (Å²) in [6.07, 6.45) is 9.72. The molecule has 1 saturated carbocycles. The van der Waals surface area contributed by atoms with E-state index in [1.807, 2.05) is 6.92 Å². The lowest BCUT2D eigenvalue weighted by molar-refractivity contribution is -0.127. The first kappa shape index (κ1) is 24.6. The Morgan fingerprint density at radius 2 is 1.55 bits per heavy atom. The van der Waals surface area contributed by atoms with Crippen LogP contribution in [0.25, 0.3) is 0 Å². The topological polar surface area (TPSA) is 44.8 Å². The molecule has 1 heterocycles. The van der Waals surface area contributed by atoms with Gasteiger partial charge in [0.1, 0.15) is 0 Å². The first-order valence-corrected chi connectivity index (χ1v) is 12.4. The smallest absolute Gasteiger partial charge is 0.223 e. The van der Waals surface area contributed by atoms with Gasteiger partial charge in [-0.25, -0.2) is 0 Å². The molecule has 1 saturated heterocycles. The summed E-state index contributed by atoms with van der Waals surface area (Å²) in [7, 11) is 0. The number of piperazine rings is 1. The predicted molar refractivity (Wildman–Crippen MR) is 121 cm³/mol. The molecule has 5 heteroatoms. The summed E-state index contributed by atoms with van der Waals surface area (Å²) < 4.78 is 6.05. The van der Waals surface area contributed by atoms with Gasteiger partial charge in [-0.1, -0.05) is 47.0 Å². The first-order chi connectivity index (χ1) is 14.0. The van der Waals surface area contributed by atoms with Crippen LogP contribution in [0, 0.1) is 11.8 Å². The molecule has 5 nitrogen and oxygen atoms in total. The van der Waals surface area contributed by atoms with E-state index in [1.54, 1.807) is 0 Å². The van der Waals surface area contributed by atoms with Crippen molar-refractivity contribution in [1.82, 2.24) is 15.1 Å². The third kappa shape index (κ3) is 8.94. The second-order valence-corrected chi connectivity index (χ2v) is 9.45. The van der Waals surface area contributed by atoms with Crippen LogP contribution >= 0.6 is 0 Å². The Morgan fingerprint density at radius 3 is 2.14 bits per heavy atom. The Morgan fingerprint density at radius 1 is 0.966 bits per heavy atom. The molecule has 0 aromatic rings. The van der Waals surface area contributed by atoms with Gasteiger partial charge in [-0.05, 0) is 38.0 Å². The fourth-order valence-electron chi connectivity index (χ4n) is 4.78. The minimum atomic E-state index is 0.137.